The fourth-order valence-electron chi connectivity index (χ4n) is 1.86. The van der Waals surface area contributed by atoms with Crippen LogP contribution in [0.15, 0.2) is 39.2 Å². The van der Waals surface area contributed by atoms with E-state index in [1.807, 2.05) is 0 Å². The quantitative estimate of drug-likeness (QED) is 0.497. The minimum absolute atomic E-state index is 0.0858. The highest BCUT2D eigenvalue weighted by Crippen LogP contribution is 2.67. The number of nitriles is 4. The second-order valence-corrected chi connectivity index (χ2v) is 8.79. The molecule has 114 valence electrons. The summed E-state index contributed by atoms with van der Waals surface area (Å²) in [6, 6.07) is 7.14. The smallest absolute Gasteiger partial charge is 0.150 e. The van der Waals surface area contributed by atoms with Crippen molar-refractivity contribution in [3.05, 3.63) is 19.6 Å². The summed E-state index contributed by atoms with van der Waals surface area (Å²) >= 11 is 4.16. The molecule has 10 heteroatoms. The van der Waals surface area contributed by atoms with Crippen molar-refractivity contribution in [3.63, 3.8) is 0 Å². The van der Waals surface area contributed by atoms with Crippen molar-refractivity contribution in [3.8, 4) is 35.8 Å². The zero-order valence-electron chi connectivity index (χ0n) is 11.3. The number of phenolic OH excluding ortho intramolecular Hbond substituents is 2. The van der Waals surface area contributed by atoms with Crippen molar-refractivity contribution in [1.82, 2.24) is 0 Å². The molecule has 0 saturated carbocycles. The molecule has 0 amide bonds. The van der Waals surface area contributed by atoms with Gasteiger partial charge in [0.2, 0.25) is 0 Å². The number of allylic oxidation sites excluding steroid dienone is 2. The lowest BCUT2D eigenvalue weighted by molar-refractivity contribution is 0.411. The third-order valence-corrected chi connectivity index (χ3v) is 8.13. The van der Waals surface area contributed by atoms with Crippen molar-refractivity contribution >= 4 is 47.0 Å². The predicted octanol–water partition coefficient (Wildman–Crippen LogP) is 4.01. The molecule has 0 aliphatic carbocycles. The first-order valence-corrected chi connectivity index (χ1v) is 9.24. The number of hydrogen-bond acceptors (Lipinski definition) is 10. The number of hydrogen-bond donors (Lipinski definition) is 2. The third-order valence-electron chi connectivity index (χ3n) is 2.91. The Balaban J connectivity index is 2.15. The SMILES string of the molecule is N#CC(C#N)=C1Sc2c(O)c3c(c(O)c2S1)SC(=C(C#N)C#N)S3. The van der Waals surface area contributed by atoms with Gasteiger partial charge in [0.25, 0.3) is 0 Å². The molecule has 0 fully saturated rings. The van der Waals surface area contributed by atoms with Gasteiger partial charge in [0, 0.05) is 0 Å². The Labute approximate surface area is 153 Å². The first kappa shape index (κ1) is 16.5. The molecule has 3 rings (SSSR count). The zero-order chi connectivity index (χ0) is 17.4. The number of nitrogens with zero attached hydrogens (tertiary/aromatic N) is 4. The first-order valence-electron chi connectivity index (χ1n) is 5.97. The van der Waals surface area contributed by atoms with E-state index in [1.54, 1.807) is 24.3 Å². The van der Waals surface area contributed by atoms with Crippen molar-refractivity contribution in [2.45, 2.75) is 19.6 Å². The Bertz CT molecular complexity index is 875. The number of thioether (sulfide) groups is 4. The molecular formula is C14H2N4O2S4. The molecular weight excluding hydrogens is 384 g/mol. The minimum Gasteiger partial charge on any atom is -0.505 e. The molecule has 1 aromatic rings. The Morgan fingerprint density at radius 3 is 1.04 bits per heavy atom. The van der Waals surface area contributed by atoms with Crippen LogP contribution in [0.2, 0.25) is 0 Å². The summed E-state index contributed by atoms with van der Waals surface area (Å²) in [5.74, 6) is -0.188. The fraction of sp³-hybridized carbons (Fsp3) is 0. The van der Waals surface area contributed by atoms with Crippen LogP contribution in [0, 0.1) is 45.3 Å². The van der Waals surface area contributed by atoms with Gasteiger partial charge >= 0.3 is 0 Å². The predicted molar refractivity (Wildman–Crippen MR) is 89.7 cm³/mol. The molecule has 0 atom stereocenters. The van der Waals surface area contributed by atoms with E-state index >= 15 is 0 Å². The first-order chi connectivity index (χ1) is 11.5. The summed E-state index contributed by atoms with van der Waals surface area (Å²) in [4.78, 5) is 1.44. The summed E-state index contributed by atoms with van der Waals surface area (Å²) < 4.78 is 0.787. The lowest BCUT2D eigenvalue weighted by Crippen LogP contribution is -1.81. The highest BCUT2D eigenvalue weighted by atomic mass is 32.2. The van der Waals surface area contributed by atoms with Gasteiger partial charge in [0.05, 0.1) is 28.1 Å². The maximum atomic E-state index is 10.5. The van der Waals surface area contributed by atoms with E-state index in [1.165, 1.54) is 0 Å². The molecule has 2 heterocycles. The molecule has 0 saturated heterocycles. The van der Waals surface area contributed by atoms with Crippen LogP contribution < -0.4 is 0 Å². The van der Waals surface area contributed by atoms with Gasteiger partial charge in [-0.15, -0.1) is 0 Å². The molecule has 6 nitrogen and oxygen atoms in total. The molecule has 1 aromatic carbocycles. The zero-order valence-corrected chi connectivity index (χ0v) is 14.6. The van der Waals surface area contributed by atoms with Crippen LogP contribution in [0.25, 0.3) is 0 Å². The minimum atomic E-state index is -0.0942. The van der Waals surface area contributed by atoms with Gasteiger partial charge in [-0.3, -0.25) is 0 Å². The van der Waals surface area contributed by atoms with Gasteiger partial charge in [-0.1, -0.05) is 47.0 Å². The average molecular weight is 386 g/mol. The van der Waals surface area contributed by atoms with Crippen LogP contribution >= 0.6 is 47.0 Å². The van der Waals surface area contributed by atoms with E-state index in [0.717, 1.165) is 47.0 Å². The number of rotatable bonds is 0. The average Bonchev–Trinajstić information content (AvgIpc) is 3.21. The van der Waals surface area contributed by atoms with Crippen molar-refractivity contribution < 1.29 is 10.2 Å². The second-order valence-electron chi connectivity index (χ2n) is 4.19. The Morgan fingerprint density at radius 1 is 0.583 bits per heavy atom. The Morgan fingerprint density at radius 2 is 0.833 bits per heavy atom. The van der Waals surface area contributed by atoms with Crippen LogP contribution in [-0.4, -0.2) is 10.2 Å². The molecule has 0 unspecified atom stereocenters. The molecule has 24 heavy (non-hydrogen) atoms. The summed E-state index contributed by atoms with van der Waals surface area (Å²) in [5.41, 5.74) is -0.172. The van der Waals surface area contributed by atoms with Crippen LogP contribution in [0.5, 0.6) is 11.5 Å². The standard InChI is InChI=1S/C14H2N4O2S4/c15-1-5(2-16)13-21-9-7(19)11-12(8(20)10(9)22-13)24-14(23-11)6(3-17)4-18/h19-20H. The number of fused-ring (bicyclic) bond motifs is 2. The van der Waals surface area contributed by atoms with E-state index in [4.69, 9.17) is 21.0 Å². The van der Waals surface area contributed by atoms with Gasteiger partial charge in [-0.2, -0.15) is 21.0 Å². The highest BCUT2D eigenvalue weighted by molar-refractivity contribution is 8.25. The molecule has 0 radical (unpaired) electrons. The molecule has 2 N–H and O–H groups in total. The monoisotopic (exact) mass is 386 g/mol. The summed E-state index contributed by atoms with van der Waals surface area (Å²) in [5, 5.41) is 56.8. The van der Waals surface area contributed by atoms with Crippen LogP contribution in [0.4, 0.5) is 0 Å². The van der Waals surface area contributed by atoms with Gasteiger partial charge in [-0.05, 0) is 0 Å². The van der Waals surface area contributed by atoms with Crippen molar-refractivity contribution in [2.75, 3.05) is 0 Å². The molecule has 2 aliphatic heterocycles. The van der Waals surface area contributed by atoms with Crippen LogP contribution in [-0.2, 0) is 0 Å². The molecule has 0 spiro atoms. The maximum Gasteiger partial charge on any atom is 0.150 e. The van der Waals surface area contributed by atoms with Gasteiger partial charge < -0.3 is 10.2 Å². The summed E-state index contributed by atoms with van der Waals surface area (Å²) in [6.45, 7) is 0. The normalized spacial score (nSPS) is 14.0. The highest BCUT2D eigenvalue weighted by Gasteiger charge is 2.36. The Kier molecular flexibility index (Phi) is 4.32. The van der Waals surface area contributed by atoms with E-state index in [2.05, 4.69) is 0 Å². The van der Waals surface area contributed by atoms with Crippen molar-refractivity contribution in [1.29, 1.82) is 21.0 Å². The topological polar surface area (TPSA) is 136 Å². The van der Waals surface area contributed by atoms with E-state index in [-0.39, 0.29) is 22.6 Å². The van der Waals surface area contributed by atoms with Gasteiger partial charge in [-0.25, -0.2) is 0 Å². The number of benzene rings is 1. The largest absolute Gasteiger partial charge is 0.505 e. The van der Waals surface area contributed by atoms with E-state index < -0.39 is 0 Å². The molecule has 0 bridgehead atoms. The number of aromatic hydroxyl groups is 2. The van der Waals surface area contributed by atoms with Crippen molar-refractivity contribution in [2.24, 2.45) is 0 Å². The third kappa shape index (κ3) is 2.38. The maximum absolute atomic E-state index is 10.5. The summed E-state index contributed by atoms with van der Waals surface area (Å²) in [6.07, 6.45) is 0. The van der Waals surface area contributed by atoms with Gasteiger partial charge in [0.15, 0.2) is 0 Å². The van der Waals surface area contributed by atoms with E-state index in [9.17, 15) is 10.2 Å². The van der Waals surface area contributed by atoms with Gasteiger partial charge in [0.1, 0.15) is 46.9 Å². The lowest BCUT2D eigenvalue weighted by atomic mass is 10.3. The lowest BCUT2D eigenvalue weighted by Gasteiger charge is -2.08. The van der Waals surface area contributed by atoms with Crippen LogP contribution in [0.3, 0.4) is 0 Å². The fourth-order valence-corrected chi connectivity index (χ4v) is 6.89. The second kappa shape index (κ2) is 6.28. The molecule has 0 aromatic heterocycles. The summed E-state index contributed by atoms with van der Waals surface area (Å²) in [7, 11) is 0. The van der Waals surface area contributed by atoms with Crippen LogP contribution in [0.1, 0.15) is 0 Å². The Hall–Kier alpha value is -2.34. The number of phenols is 2. The molecule has 2 aliphatic rings. The van der Waals surface area contributed by atoms with E-state index in [0.29, 0.717) is 28.1 Å².